The molecule has 1 heterocycles. The number of anilines is 2. The lowest BCUT2D eigenvalue weighted by Gasteiger charge is -2.24. The third kappa shape index (κ3) is 2.70. The molecule has 0 radical (unpaired) electrons. The van der Waals surface area contributed by atoms with E-state index < -0.39 is 0 Å². The number of hydrogen-bond acceptors (Lipinski definition) is 3. The molecule has 2 N–H and O–H groups in total. The van der Waals surface area contributed by atoms with Crippen molar-refractivity contribution in [1.82, 2.24) is 4.98 Å². The van der Waals surface area contributed by atoms with E-state index >= 15 is 0 Å². The molecule has 1 saturated carbocycles. The third-order valence-electron chi connectivity index (χ3n) is 3.61. The number of pyridine rings is 1. The summed E-state index contributed by atoms with van der Waals surface area (Å²) in [7, 11) is 0. The molecule has 2 aromatic rings. The van der Waals surface area contributed by atoms with Crippen molar-refractivity contribution in [3.63, 3.8) is 0 Å². The van der Waals surface area contributed by atoms with Gasteiger partial charge in [-0.25, -0.2) is 4.98 Å². The fourth-order valence-corrected chi connectivity index (χ4v) is 2.27. The van der Waals surface area contributed by atoms with Crippen molar-refractivity contribution in [2.24, 2.45) is 0 Å². The van der Waals surface area contributed by atoms with Crippen molar-refractivity contribution in [3.8, 4) is 0 Å². The SMILES string of the molecule is Cc1cc(N(Cc2ccccc2)C2CC2)ncc1N. The average molecular weight is 253 g/mol. The Morgan fingerprint density at radius 1 is 1.26 bits per heavy atom. The van der Waals surface area contributed by atoms with E-state index in [1.54, 1.807) is 6.20 Å². The molecule has 0 unspecified atom stereocenters. The predicted octanol–water partition coefficient (Wildman–Crippen LogP) is 3.14. The molecule has 3 heteroatoms. The van der Waals surface area contributed by atoms with Gasteiger partial charge in [-0.1, -0.05) is 30.3 Å². The summed E-state index contributed by atoms with van der Waals surface area (Å²) in [4.78, 5) is 6.89. The smallest absolute Gasteiger partial charge is 0.129 e. The van der Waals surface area contributed by atoms with Gasteiger partial charge in [-0.3, -0.25) is 0 Å². The predicted molar refractivity (Wildman–Crippen MR) is 79.0 cm³/mol. The van der Waals surface area contributed by atoms with Gasteiger partial charge in [0.15, 0.2) is 0 Å². The first kappa shape index (κ1) is 12.0. The monoisotopic (exact) mass is 253 g/mol. The van der Waals surface area contributed by atoms with Gasteiger partial charge in [0.05, 0.1) is 11.9 Å². The number of aromatic nitrogens is 1. The van der Waals surface area contributed by atoms with Crippen LogP contribution >= 0.6 is 0 Å². The van der Waals surface area contributed by atoms with E-state index in [1.807, 2.05) is 6.92 Å². The lowest BCUT2D eigenvalue weighted by atomic mass is 10.2. The zero-order valence-corrected chi connectivity index (χ0v) is 11.2. The molecule has 0 saturated heterocycles. The van der Waals surface area contributed by atoms with Gasteiger partial charge in [-0.2, -0.15) is 0 Å². The molecule has 1 aliphatic carbocycles. The van der Waals surface area contributed by atoms with Crippen LogP contribution in [0.15, 0.2) is 42.6 Å². The van der Waals surface area contributed by atoms with Crippen LogP contribution in [0.3, 0.4) is 0 Å². The summed E-state index contributed by atoms with van der Waals surface area (Å²) in [5, 5.41) is 0. The second-order valence-electron chi connectivity index (χ2n) is 5.24. The zero-order valence-electron chi connectivity index (χ0n) is 11.2. The molecule has 98 valence electrons. The van der Waals surface area contributed by atoms with Crippen LogP contribution in [0.2, 0.25) is 0 Å². The van der Waals surface area contributed by atoms with Gasteiger partial charge in [0.25, 0.3) is 0 Å². The standard InChI is InChI=1S/C16H19N3/c1-12-9-16(18-10-15(12)17)19(14-7-8-14)11-13-5-3-2-4-6-13/h2-6,9-10,14H,7-8,11,17H2,1H3. The third-order valence-corrected chi connectivity index (χ3v) is 3.61. The maximum Gasteiger partial charge on any atom is 0.129 e. The summed E-state index contributed by atoms with van der Waals surface area (Å²) in [6, 6.07) is 13.3. The quantitative estimate of drug-likeness (QED) is 0.910. The lowest BCUT2D eigenvalue weighted by molar-refractivity contribution is 0.778. The van der Waals surface area contributed by atoms with Crippen LogP contribution in [-0.2, 0) is 6.54 Å². The first-order chi connectivity index (χ1) is 9.24. The number of rotatable bonds is 4. The van der Waals surface area contributed by atoms with Crippen LogP contribution in [0.25, 0.3) is 0 Å². The Labute approximate surface area is 114 Å². The van der Waals surface area contributed by atoms with Gasteiger partial charge in [0.1, 0.15) is 5.82 Å². The molecule has 19 heavy (non-hydrogen) atoms. The summed E-state index contributed by atoms with van der Waals surface area (Å²) in [6.07, 6.45) is 4.29. The average Bonchev–Trinajstić information content (AvgIpc) is 3.25. The molecule has 0 aliphatic heterocycles. The molecule has 3 rings (SSSR count). The number of nitrogen functional groups attached to an aromatic ring is 1. The van der Waals surface area contributed by atoms with Crippen molar-refractivity contribution < 1.29 is 0 Å². The molecule has 0 spiro atoms. The van der Waals surface area contributed by atoms with Crippen molar-refractivity contribution in [2.75, 3.05) is 10.6 Å². The normalized spacial score (nSPS) is 14.4. The highest BCUT2D eigenvalue weighted by atomic mass is 15.2. The minimum absolute atomic E-state index is 0.635. The van der Waals surface area contributed by atoms with Crippen LogP contribution in [0.5, 0.6) is 0 Å². The Hall–Kier alpha value is -2.03. The maximum atomic E-state index is 5.85. The van der Waals surface area contributed by atoms with E-state index in [0.717, 1.165) is 23.6 Å². The minimum Gasteiger partial charge on any atom is -0.397 e. The molecule has 3 nitrogen and oxygen atoms in total. The Morgan fingerprint density at radius 2 is 2.00 bits per heavy atom. The number of nitrogens with zero attached hydrogens (tertiary/aromatic N) is 2. The first-order valence-electron chi connectivity index (χ1n) is 6.77. The van der Waals surface area contributed by atoms with Crippen LogP contribution < -0.4 is 10.6 Å². The molecule has 1 aliphatic rings. The Balaban J connectivity index is 1.86. The first-order valence-corrected chi connectivity index (χ1v) is 6.77. The maximum absolute atomic E-state index is 5.85. The second-order valence-corrected chi connectivity index (χ2v) is 5.24. The number of hydrogen-bond donors (Lipinski definition) is 1. The summed E-state index contributed by atoms with van der Waals surface area (Å²) in [5.41, 5.74) is 9.04. The van der Waals surface area contributed by atoms with Crippen LogP contribution in [0.4, 0.5) is 11.5 Å². The molecule has 0 atom stereocenters. The van der Waals surface area contributed by atoms with Crippen LogP contribution in [-0.4, -0.2) is 11.0 Å². The molecular weight excluding hydrogens is 234 g/mol. The Morgan fingerprint density at radius 3 is 2.63 bits per heavy atom. The van der Waals surface area contributed by atoms with E-state index in [1.165, 1.54) is 18.4 Å². The van der Waals surface area contributed by atoms with E-state index in [2.05, 4.69) is 46.3 Å². The summed E-state index contributed by atoms with van der Waals surface area (Å²) in [5.74, 6) is 1.04. The number of benzene rings is 1. The van der Waals surface area contributed by atoms with Gasteiger partial charge in [-0.05, 0) is 37.0 Å². The van der Waals surface area contributed by atoms with E-state index in [0.29, 0.717) is 6.04 Å². The highest BCUT2D eigenvalue weighted by Gasteiger charge is 2.30. The number of aryl methyl sites for hydroxylation is 1. The minimum atomic E-state index is 0.635. The van der Waals surface area contributed by atoms with E-state index in [9.17, 15) is 0 Å². The van der Waals surface area contributed by atoms with Crippen LogP contribution in [0.1, 0.15) is 24.0 Å². The van der Waals surface area contributed by atoms with E-state index in [4.69, 9.17) is 5.73 Å². The Bertz CT molecular complexity index is 561. The molecule has 1 aromatic heterocycles. The van der Waals surface area contributed by atoms with Crippen molar-refractivity contribution in [2.45, 2.75) is 32.4 Å². The zero-order chi connectivity index (χ0) is 13.2. The second kappa shape index (κ2) is 4.92. The number of nitrogens with two attached hydrogens (primary N) is 1. The fraction of sp³-hybridized carbons (Fsp3) is 0.312. The van der Waals surface area contributed by atoms with Gasteiger partial charge in [0.2, 0.25) is 0 Å². The van der Waals surface area contributed by atoms with Gasteiger partial charge >= 0.3 is 0 Å². The summed E-state index contributed by atoms with van der Waals surface area (Å²) in [6.45, 7) is 2.95. The van der Waals surface area contributed by atoms with E-state index in [-0.39, 0.29) is 0 Å². The fourth-order valence-electron chi connectivity index (χ4n) is 2.27. The van der Waals surface area contributed by atoms with Gasteiger partial charge < -0.3 is 10.6 Å². The molecule has 1 aromatic carbocycles. The van der Waals surface area contributed by atoms with Crippen molar-refractivity contribution in [3.05, 3.63) is 53.7 Å². The van der Waals surface area contributed by atoms with Gasteiger partial charge in [-0.15, -0.1) is 0 Å². The largest absolute Gasteiger partial charge is 0.397 e. The van der Waals surface area contributed by atoms with Crippen molar-refractivity contribution in [1.29, 1.82) is 0 Å². The van der Waals surface area contributed by atoms with Gasteiger partial charge in [0, 0.05) is 12.6 Å². The van der Waals surface area contributed by atoms with Crippen molar-refractivity contribution >= 4 is 11.5 Å². The summed E-state index contributed by atoms with van der Waals surface area (Å²) < 4.78 is 0. The molecular formula is C16H19N3. The molecule has 0 amide bonds. The Kier molecular flexibility index (Phi) is 3.11. The lowest BCUT2D eigenvalue weighted by Crippen LogP contribution is -2.26. The molecule has 0 bridgehead atoms. The molecule has 1 fully saturated rings. The highest BCUT2D eigenvalue weighted by Crippen LogP contribution is 2.32. The van der Waals surface area contributed by atoms with Crippen LogP contribution in [0, 0.1) is 6.92 Å². The topological polar surface area (TPSA) is 42.2 Å². The highest BCUT2D eigenvalue weighted by molar-refractivity contribution is 5.53. The summed E-state index contributed by atoms with van der Waals surface area (Å²) >= 11 is 0.